The molecule has 1 atom stereocenters. The molecular weight excluding hydrogens is 412 g/mol. The molecule has 1 rings (SSSR count). The predicted octanol–water partition coefficient (Wildman–Crippen LogP) is 6.31. The lowest BCUT2D eigenvalue weighted by atomic mass is 9.92. The number of unbranched alkanes of at least 4 members (excludes halogenated alkanes) is 6. The number of hydrogen-bond donors (Lipinski definition) is 0. The van der Waals surface area contributed by atoms with Crippen LogP contribution in [0.1, 0.15) is 119 Å². The first-order valence-corrected chi connectivity index (χ1v) is 14.0. The van der Waals surface area contributed by atoms with E-state index >= 15 is 0 Å². The Balaban J connectivity index is 2.97. The molecule has 0 spiro atoms. The topological polar surface area (TPSA) is 47.1 Å². The average Bonchev–Trinajstić information content (AvgIpc) is 2.95. The van der Waals surface area contributed by atoms with Gasteiger partial charge in [0.05, 0.1) is 13.3 Å². The van der Waals surface area contributed by atoms with Crippen molar-refractivity contribution < 1.29 is 9.59 Å². The first-order valence-electron chi connectivity index (χ1n) is 14.0. The van der Waals surface area contributed by atoms with E-state index in [0.29, 0.717) is 13.3 Å². The molecule has 0 N–H and O–H groups in total. The van der Waals surface area contributed by atoms with Crippen molar-refractivity contribution >= 4 is 11.9 Å². The van der Waals surface area contributed by atoms with Crippen molar-refractivity contribution in [3.05, 3.63) is 0 Å². The Morgan fingerprint density at radius 3 is 1.58 bits per heavy atom. The molecule has 1 fully saturated rings. The van der Waals surface area contributed by atoms with Crippen LogP contribution in [0.3, 0.4) is 0 Å². The molecule has 6 heteroatoms. The van der Waals surface area contributed by atoms with Gasteiger partial charge in [0.2, 0.25) is 0 Å². The van der Waals surface area contributed by atoms with E-state index in [2.05, 4.69) is 44.4 Å². The molecular formula is C27H54N4O2. The van der Waals surface area contributed by atoms with E-state index in [4.69, 9.17) is 0 Å². The second-order valence-corrected chi connectivity index (χ2v) is 10.1. The van der Waals surface area contributed by atoms with E-state index in [-0.39, 0.29) is 11.9 Å². The van der Waals surface area contributed by atoms with E-state index < -0.39 is 5.54 Å². The van der Waals surface area contributed by atoms with E-state index in [9.17, 15) is 9.59 Å². The van der Waals surface area contributed by atoms with Gasteiger partial charge in [-0.3, -0.25) is 19.5 Å². The maximum Gasteiger partial charge on any atom is 0.329 e. The van der Waals surface area contributed by atoms with Crippen LogP contribution in [0.4, 0.5) is 4.79 Å². The summed E-state index contributed by atoms with van der Waals surface area (Å²) < 4.78 is 0. The molecule has 3 amide bonds. The van der Waals surface area contributed by atoms with Crippen LogP contribution >= 0.6 is 0 Å². The lowest BCUT2D eigenvalue weighted by molar-refractivity contribution is -0.134. The summed E-state index contributed by atoms with van der Waals surface area (Å²) in [4.78, 5) is 35.4. The Bertz CT molecular complexity index is 544. The quantitative estimate of drug-likeness (QED) is 0.156. The highest BCUT2D eigenvalue weighted by Gasteiger charge is 2.54. The third-order valence-corrected chi connectivity index (χ3v) is 6.87. The van der Waals surface area contributed by atoms with Crippen LogP contribution in [-0.4, -0.2) is 76.6 Å². The van der Waals surface area contributed by atoms with Crippen molar-refractivity contribution in [2.75, 3.05) is 39.5 Å². The molecule has 0 bridgehead atoms. The Kier molecular flexibility index (Phi) is 14.9. The van der Waals surface area contributed by atoms with Crippen molar-refractivity contribution in [2.24, 2.45) is 0 Å². The van der Waals surface area contributed by atoms with Crippen LogP contribution < -0.4 is 0 Å². The number of carbonyl (C=O) groups is 2. The van der Waals surface area contributed by atoms with Gasteiger partial charge in [-0.25, -0.2) is 9.69 Å². The van der Waals surface area contributed by atoms with Crippen molar-refractivity contribution in [1.29, 1.82) is 0 Å². The van der Waals surface area contributed by atoms with Crippen molar-refractivity contribution in [2.45, 2.75) is 124 Å². The number of hydrogen-bond acceptors (Lipinski definition) is 4. The maximum atomic E-state index is 13.7. The number of nitrogens with zero attached hydrogens (tertiary/aromatic N) is 4. The molecule has 0 aliphatic carbocycles. The molecule has 0 saturated carbocycles. The molecule has 1 aliphatic heterocycles. The average molecular weight is 467 g/mol. The molecule has 1 aliphatic rings. The smallest absolute Gasteiger partial charge is 0.297 e. The summed E-state index contributed by atoms with van der Waals surface area (Å²) in [7, 11) is 0. The zero-order valence-corrected chi connectivity index (χ0v) is 22.8. The molecule has 0 radical (unpaired) electrons. The van der Waals surface area contributed by atoms with Crippen LogP contribution in [0, 0.1) is 0 Å². The van der Waals surface area contributed by atoms with Gasteiger partial charge in [-0.1, -0.05) is 79.6 Å². The summed E-state index contributed by atoms with van der Waals surface area (Å²) in [6.07, 6.45) is 13.4. The van der Waals surface area contributed by atoms with Crippen LogP contribution in [0.5, 0.6) is 0 Å². The van der Waals surface area contributed by atoms with Gasteiger partial charge in [0.15, 0.2) is 0 Å². The highest BCUT2D eigenvalue weighted by atomic mass is 16.2. The normalized spacial score (nSPS) is 19.0. The van der Waals surface area contributed by atoms with Crippen LogP contribution in [0.2, 0.25) is 0 Å². The third kappa shape index (κ3) is 9.20. The summed E-state index contributed by atoms with van der Waals surface area (Å²) in [5, 5.41) is 0. The lowest BCUT2D eigenvalue weighted by Crippen LogP contribution is -2.51. The minimum absolute atomic E-state index is 0.00337. The van der Waals surface area contributed by atoms with Gasteiger partial charge in [0.25, 0.3) is 5.91 Å². The van der Waals surface area contributed by atoms with Crippen molar-refractivity contribution in [3.8, 4) is 0 Å². The van der Waals surface area contributed by atoms with Gasteiger partial charge >= 0.3 is 6.03 Å². The summed E-state index contributed by atoms with van der Waals surface area (Å²) in [5.74, 6) is 0.00337. The highest BCUT2D eigenvalue weighted by Crippen LogP contribution is 2.33. The Morgan fingerprint density at radius 1 is 0.636 bits per heavy atom. The molecule has 1 saturated heterocycles. The molecule has 0 aromatic carbocycles. The predicted molar refractivity (Wildman–Crippen MR) is 139 cm³/mol. The molecule has 1 heterocycles. The minimum atomic E-state index is -0.732. The number of imide groups is 1. The van der Waals surface area contributed by atoms with E-state index in [1.807, 2.05) is 11.8 Å². The van der Waals surface area contributed by atoms with Gasteiger partial charge in [0.1, 0.15) is 5.54 Å². The van der Waals surface area contributed by atoms with Crippen molar-refractivity contribution in [1.82, 2.24) is 19.6 Å². The van der Waals surface area contributed by atoms with Gasteiger partial charge < -0.3 is 0 Å². The summed E-state index contributed by atoms with van der Waals surface area (Å²) in [6, 6.07) is -0.0974. The number of amides is 3. The fourth-order valence-corrected chi connectivity index (χ4v) is 5.03. The highest BCUT2D eigenvalue weighted by molar-refractivity contribution is 6.06. The first kappa shape index (κ1) is 29.9. The molecule has 1 unspecified atom stereocenters. The van der Waals surface area contributed by atoms with Crippen LogP contribution in [-0.2, 0) is 4.79 Å². The minimum Gasteiger partial charge on any atom is -0.297 e. The van der Waals surface area contributed by atoms with Crippen LogP contribution in [0.15, 0.2) is 0 Å². The zero-order valence-electron chi connectivity index (χ0n) is 22.8. The molecule has 6 nitrogen and oxygen atoms in total. The van der Waals surface area contributed by atoms with Gasteiger partial charge in [-0.05, 0) is 65.2 Å². The molecule has 33 heavy (non-hydrogen) atoms. The van der Waals surface area contributed by atoms with E-state index in [1.165, 1.54) is 32.1 Å². The largest absolute Gasteiger partial charge is 0.329 e. The van der Waals surface area contributed by atoms with Crippen LogP contribution in [0.25, 0.3) is 0 Å². The van der Waals surface area contributed by atoms with E-state index in [0.717, 1.165) is 71.1 Å². The third-order valence-electron chi connectivity index (χ3n) is 6.87. The van der Waals surface area contributed by atoms with Gasteiger partial charge in [-0.2, -0.15) is 0 Å². The maximum absolute atomic E-state index is 13.7. The zero-order chi connectivity index (χ0) is 24.7. The number of carbonyl (C=O) groups excluding carboxylic acids is 2. The Morgan fingerprint density at radius 2 is 1.09 bits per heavy atom. The molecule has 194 valence electrons. The molecule has 0 aromatic heterocycles. The fourth-order valence-electron chi connectivity index (χ4n) is 5.03. The monoisotopic (exact) mass is 466 g/mol. The number of rotatable bonds is 20. The summed E-state index contributed by atoms with van der Waals surface area (Å²) >= 11 is 0. The first-order chi connectivity index (χ1) is 15.9. The SMILES string of the molecule is CCCCCCCCCC1(C)C(=O)N(CN(CCC)CCC)C(=O)N1CN(CCC)CCC. The van der Waals surface area contributed by atoms with Gasteiger partial charge in [-0.15, -0.1) is 0 Å². The number of urea groups is 1. The Hall–Kier alpha value is -1.14. The summed E-state index contributed by atoms with van der Waals surface area (Å²) in [5.41, 5.74) is -0.732. The second kappa shape index (κ2) is 16.5. The lowest BCUT2D eigenvalue weighted by Gasteiger charge is -2.36. The Labute approximate surface area is 205 Å². The van der Waals surface area contributed by atoms with Crippen molar-refractivity contribution in [3.63, 3.8) is 0 Å². The fraction of sp³-hybridized carbons (Fsp3) is 0.926. The molecule has 0 aromatic rings. The van der Waals surface area contributed by atoms with E-state index in [1.54, 1.807) is 4.90 Å². The summed E-state index contributed by atoms with van der Waals surface area (Å²) in [6.45, 7) is 17.6. The van der Waals surface area contributed by atoms with Gasteiger partial charge in [0, 0.05) is 0 Å². The second-order valence-electron chi connectivity index (χ2n) is 10.1. The standard InChI is InChI=1S/C27H54N4O2/c1-7-12-13-14-15-16-17-18-27(6)25(32)30(23-28(19-8-2)20-9-3)26(33)31(27)24-29(21-10-4)22-11-5/h7-24H2,1-6H3.